The van der Waals surface area contributed by atoms with Crippen molar-refractivity contribution in [3.8, 4) is 11.5 Å². The summed E-state index contributed by atoms with van der Waals surface area (Å²) in [6.07, 6.45) is 1.00. The molecule has 6 nitrogen and oxygen atoms in total. The largest absolute Gasteiger partial charge is 0.488 e. The second-order valence-corrected chi connectivity index (χ2v) is 6.68. The Kier molecular flexibility index (Phi) is 4.49. The van der Waals surface area contributed by atoms with E-state index in [2.05, 4.69) is 5.32 Å². The highest BCUT2D eigenvalue weighted by Gasteiger charge is 2.35. The molecule has 0 aromatic heterocycles. The van der Waals surface area contributed by atoms with Gasteiger partial charge >= 0.3 is 0 Å². The van der Waals surface area contributed by atoms with Crippen LogP contribution < -0.4 is 19.7 Å². The Morgan fingerprint density at radius 2 is 2.00 bits per heavy atom. The molecule has 0 bridgehead atoms. The summed E-state index contributed by atoms with van der Waals surface area (Å²) in [6.45, 7) is 0.271. The lowest BCUT2D eigenvalue weighted by Crippen LogP contribution is -2.50. The smallest absolute Gasteiger partial charge is 0.262 e. The first kappa shape index (κ1) is 17.4. The summed E-state index contributed by atoms with van der Waals surface area (Å²) in [5, 5.41) is 3.14. The van der Waals surface area contributed by atoms with E-state index in [-0.39, 0.29) is 25.0 Å². The zero-order valence-corrected chi connectivity index (χ0v) is 15.3. The molecule has 0 fully saturated rings. The van der Waals surface area contributed by atoms with E-state index < -0.39 is 6.10 Å². The topological polar surface area (TPSA) is 67.9 Å². The molecule has 0 radical (unpaired) electrons. The zero-order valence-electron chi connectivity index (χ0n) is 14.6. The van der Waals surface area contributed by atoms with Gasteiger partial charge in [-0.15, -0.1) is 0 Å². The highest BCUT2D eigenvalue weighted by molar-refractivity contribution is 6.30. The standard InChI is InChI=1S/C20H17ClN2O4/c1-22-19(24)18-10-23(15-4-2-3-5-17(15)27-18)20(25)13-8-12-9-14(21)6-7-16(12)26-11-13/h2-9,18H,10-11H2,1H3,(H,22,24). The molecule has 1 unspecified atom stereocenters. The number of rotatable bonds is 2. The van der Waals surface area contributed by atoms with Crippen LogP contribution in [0.2, 0.25) is 5.02 Å². The number of anilines is 1. The van der Waals surface area contributed by atoms with Gasteiger partial charge in [0.05, 0.1) is 17.8 Å². The number of halogens is 1. The zero-order chi connectivity index (χ0) is 19.0. The molecule has 2 heterocycles. The highest BCUT2D eigenvalue weighted by atomic mass is 35.5. The van der Waals surface area contributed by atoms with E-state index in [1.165, 1.54) is 7.05 Å². The van der Waals surface area contributed by atoms with E-state index in [1.54, 1.807) is 47.4 Å². The van der Waals surface area contributed by atoms with Gasteiger partial charge < -0.3 is 19.7 Å². The van der Waals surface area contributed by atoms with Crippen molar-refractivity contribution in [1.82, 2.24) is 5.32 Å². The number of likely N-dealkylation sites (N-methyl/N-ethyl adjacent to an activating group) is 1. The Hall–Kier alpha value is -2.99. The lowest BCUT2D eigenvalue weighted by atomic mass is 10.1. The molecule has 0 aliphatic carbocycles. The summed E-state index contributed by atoms with van der Waals surface area (Å²) >= 11 is 6.05. The molecule has 0 saturated heterocycles. The van der Waals surface area contributed by atoms with Gasteiger partial charge in [0.1, 0.15) is 18.1 Å². The predicted molar refractivity (Wildman–Crippen MR) is 102 cm³/mol. The van der Waals surface area contributed by atoms with Gasteiger partial charge in [-0.2, -0.15) is 0 Å². The molecule has 27 heavy (non-hydrogen) atoms. The van der Waals surface area contributed by atoms with Crippen LogP contribution in [0.15, 0.2) is 48.0 Å². The monoisotopic (exact) mass is 384 g/mol. The first-order valence-corrected chi connectivity index (χ1v) is 8.86. The van der Waals surface area contributed by atoms with Crippen molar-refractivity contribution in [2.45, 2.75) is 6.10 Å². The minimum atomic E-state index is -0.777. The van der Waals surface area contributed by atoms with E-state index in [0.717, 1.165) is 5.56 Å². The molecule has 138 valence electrons. The third-order valence-electron chi connectivity index (χ3n) is 4.52. The molecule has 2 aromatic carbocycles. The van der Waals surface area contributed by atoms with Crippen molar-refractivity contribution in [1.29, 1.82) is 0 Å². The van der Waals surface area contributed by atoms with Crippen LogP contribution in [0, 0.1) is 0 Å². The SMILES string of the molecule is CNC(=O)C1CN(C(=O)C2=Cc3cc(Cl)ccc3OC2)c2ccccc2O1. The number of hydrogen-bond acceptors (Lipinski definition) is 4. The van der Waals surface area contributed by atoms with E-state index in [1.807, 2.05) is 6.07 Å². The Bertz CT molecular complexity index is 957. The Labute approximate surface area is 161 Å². The molecule has 1 atom stereocenters. The quantitative estimate of drug-likeness (QED) is 0.864. The molecular weight excluding hydrogens is 368 g/mol. The minimum Gasteiger partial charge on any atom is -0.488 e. The van der Waals surface area contributed by atoms with Crippen molar-refractivity contribution in [3.63, 3.8) is 0 Å². The summed E-state index contributed by atoms with van der Waals surface area (Å²) in [5.74, 6) is 0.659. The van der Waals surface area contributed by atoms with Crippen LogP contribution in [-0.2, 0) is 9.59 Å². The van der Waals surface area contributed by atoms with Gasteiger partial charge in [0.15, 0.2) is 6.10 Å². The second-order valence-electron chi connectivity index (χ2n) is 6.24. The molecule has 2 aliphatic heterocycles. The molecule has 2 aromatic rings. The number of carbonyl (C=O) groups excluding carboxylic acids is 2. The van der Waals surface area contributed by atoms with Gasteiger partial charge in [0.25, 0.3) is 11.8 Å². The van der Waals surface area contributed by atoms with Crippen molar-refractivity contribution >= 4 is 35.2 Å². The van der Waals surface area contributed by atoms with E-state index >= 15 is 0 Å². The Balaban J connectivity index is 1.69. The van der Waals surface area contributed by atoms with Crippen molar-refractivity contribution in [2.75, 3.05) is 25.1 Å². The Morgan fingerprint density at radius 3 is 2.81 bits per heavy atom. The number of ether oxygens (including phenoxy) is 2. The molecule has 0 saturated carbocycles. The first-order chi connectivity index (χ1) is 13.1. The van der Waals surface area contributed by atoms with Gasteiger partial charge in [0, 0.05) is 17.6 Å². The van der Waals surface area contributed by atoms with Gasteiger partial charge in [-0.25, -0.2) is 0 Å². The van der Waals surface area contributed by atoms with Crippen LogP contribution in [0.4, 0.5) is 5.69 Å². The number of nitrogens with one attached hydrogen (secondary N) is 1. The number of nitrogens with zero attached hydrogens (tertiary/aromatic N) is 1. The van der Waals surface area contributed by atoms with Crippen molar-refractivity contribution < 1.29 is 19.1 Å². The normalized spacial score (nSPS) is 17.6. The van der Waals surface area contributed by atoms with Gasteiger partial charge in [0.2, 0.25) is 0 Å². The van der Waals surface area contributed by atoms with Crippen LogP contribution in [0.3, 0.4) is 0 Å². The lowest BCUT2D eigenvalue weighted by molar-refractivity contribution is -0.127. The molecule has 2 amide bonds. The summed E-state index contributed by atoms with van der Waals surface area (Å²) in [6, 6.07) is 12.4. The number of amides is 2. The van der Waals surface area contributed by atoms with Gasteiger partial charge in [-0.1, -0.05) is 23.7 Å². The predicted octanol–water partition coefficient (Wildman–Crippen LogP) is 2.66. The van der Waals surface area contributed by atoms with Crippen LogP contribution in [0.1, 0.15) is 5.56 Å². The number of fused-ring (bicyclic) bond motifs is 2. The van der Waals surface area contributed by atoms with E-state index in [0.29, 0.717) is 27.8 Å². The number of hydrogen-bond donors (Lipinski definition) is 1. The molecule has 4 rings (SSSR count). The van der Waals surface area contributed by atoms with Crippen LogP contribution in [0.5, 0.6) is 11.5 Å². The highest BCUT2D eigenvalue weighted by Crippen LogP contribution is 2.35. The fraction of sp³-hybridized carbons (Fsp3) is 0.200. The molecule has 1 N–H and O–H groups in total. The molecule has 2 aliphatic rings. The number of para-hydroxylation sites is 2. The second kappa shape index (κ2) is 6.96. The van der Waals surface area contributed by atoms with Crippen LogP contribution in [0.25, 0.3) is 6.08 Å². The first-order valence-electron chi connectivity index (χ1n) is 8.49. The third kappa shape index (κ3) is 3.24. The summed E-state index contributed by atoms with van der Waals surface area (Å²) in [7, 11) is 1.54. The maximum absolute atomic E-state index is 13.2. The summed E-state index contributed by atoms with van der Waals surface area (Å²) < 4.78 is 11.5. The van der Waals surface area contributed by atoms with E-state index in [9.17, 15) is 9.59 Å². The summed E-state index contributed by atoms with van der Waals surface area (Å²) in [5.41, 5.74) is 1.86. The average molecular weight is 385 g/mol. The fourth-order valence-corrected chi connectivity index (χ4v) is 3.35. The van der Waals surface area contributed by atoms with Crippen LogP contribution in [-0.4, -0.2) is 38.1 Å². The molecular formula is C20H17ClN2O4. The van der Waals surface area contributed by atoms with Crippen LogP contribution >= 0.6 is 11.6 Å². The third-order valence-corrected chi connectivity index (χ3v) is 4.75. The lowest BCUT2D eigenvalue weighted by Gasteiger charge is -2.34. The van der Waals surface area contributed by atoms with E-state index in [4.69, 9.17) is 21.1 Å². The van der Waals surface area contributed by atoms with Crippen molar-refractivity contribution in [3.05, 3.63) is 58.6 Å². The average Bonchev–Trinajstić information content (AvgIpc) is 2.71. The molecule has 0 spiro atoms. The number of carbonyl (C=O) groups is 2. The van der Waals surface area contributed by atoms with Gasteiger partial charge in [-0.3, -0.25) is 9.59 Å². The minimum absolute atomic E-state index is 0.120. The van der Waals surface area contributed by atoms with Gasteiger partial charge in [-0.05, 0) is 36.4 Å². The van der Waals surface area contributed by atoms with Crippen molar-refractivity contribution in [2.24, 2.45) is 0 Å². The maximum Gasteiger partial charge on any atom is 0.262 e. The fourth-order valence-electron chi connectivity index (χ4n) is 3.17. The Morgan fingerprint density at radius 1 is 1.19 bits per heavy atom. The maximum atomic E-state index is 13.2. The molecule has 7 heteroatoms. The number of benzene rings is 2. The summed E-state index contributed by atoms with van der Waals surface area (Å²) in [4.78, 5) is 26.9.